The quantitative estimate of drug-likeness (QED) is 0.370. The van der Waals surface area contributed by atoms with Crippen molar-refractivity contribution in [2.75, 3.05) is 11.5 Å². The zero-order valence-electron chi connectivity index (χ0n) is 20.1. The minimum Gasteiger partial charge on any atom is -0.490 e. The number of hydrogen-bond donors (Lipinski definition) is 1. The minimum atomic E-state index is -0.806. The first kappa shape index (κ1) is 24.7. The number of carbonyl (C=O) groups is 3. The number of nitrogens with one attached hydrogen (secondary N) is 1. The zero-order chi connectivity index (χ0) is 25.8. The Bertz CT molecular complexity index is 1360. The number of hydrogen-bond acceptors (Lipinski definition) is 5. The third kappa shape index (κ3) is 5.27. The Hall–Kier alpha value is -4.46. The number of urea groups is 1. The predicted octanol–water partition coefficient (Wildman–Crippen LogP) is 5.09. The summed E-state index contributed by atoms with van der Waals surface area (Å²) in [6.45, 7) is 5.86. The van der Waals surface area contributed by atoms with Crippen LogP contribution in [0.4, 0.5) is 14.9 Å². The second kappa shape index (κ2) is 10.4. The van der Waals surface area contributed by atoms with Gasteiger partial charge in [-0.1, -0.05) is 30.3 Å². The van der Waals surface area contributed by atoms with E-state index in [1.165, 1.54) is 12.1 Å². The van der Waals surface area contributed by atoms with E-state index in [0.717, 1.165) is 16.0 Å². The number of rotatable bonds is 7. The smallest absolute Gasteiger partial charge is 0.335 e. The molecule has 4 amide bonds. The molecular formula is C28H25FN2O5. The number of anilines is 1. The summed E-state index contributed by atoms with van der Waals surface area (Å²) in [6.07, 6.45) is 1.39. The van der Waals surface area contributed by atoms with E-state index >= 15 is 0 Å². The van der Waals surface area contributed by atoms with Gasteiger partial charge in [0.15, 0.2) is 11.5 Å². The highest BCUT2D eigenvalue weighted by atomic mass is 19.1. The maximum absolute atomic E-state index is 13.9. The summed E-state index contributed by atoms with van der Waals surface area (Å²) < 4.78 is 25.4. The molecule has 0 radical (unpaired) electrons. The summed E-state index contributed by atoms with van der Waals surface area (Å²) in [5, 5.41) is 2.23. The minimum absolute atomic E-state index is 0.00105. The van der Waals surface area contributed by atoms with Crippen molar-refractivity contribution >= 4 is 29.6 Å². The van der Waals surface area contributed by atoms with Crippen LogP contribution in [0.25, 0.3) is 6.08 Å². The number of halogens is 1. The van der Waals surface area contributed by atoms with Gasteiger partial charge in [-0.05, 0) is 73.9 Å². The average Bonchev–Trinajstić information content (AvgIpc) is 2.81. The van der Waals surface area contributed by atoms with Gasteiger partial charge in [0, 0.05) is 5.56 Å². The van der Waals surface area contributed by atoms with Crippen molar-refractivity contribution < 1.29 is 28.2 Å². The first-order valence-electron chi connectivity index (χ1n) is 11.4. The normalized spacial score (nSPS) is 14.7. The van der Waals surface area contributed by atoms with Crippen molar-refractivity contribution in [1.29, 1.82) is 0 Å². The number of imide groups is 2. The van der Waals surface area contributed by atoms with Gasteiger partial charge in [0.2, 0.25) is 0 Å². The summed E-state index contributed by atoms with van der Waals surface area (Å²) in [5.74, 6) is -1.14. The van der Waals surface area contributed by atoms with Gasteiger partial charge >= 0.3 is 6.03 Å². The molecule has 3 aromatic rings. The van der Waals surface area contributed by atoms with Crippen LogP contribution in [-0.2, 0) is 16.2 Å². The third-order valence-electron chi connectivity index (χ3n) is 5.49. The average molecular weight is 489 g/mol. The second-order valence-corrected chi connectivity index (χ2v) is 8.32. The van der Waals surface area contributed by atoms with Crippen molar-refractivity contribution in [2.24, 2.45) is 0 Å². The number of carbonyl (C=O) groups excluding carboxylic acids is 3. The van der Waals surface area contributed by atoms with Crippen LogP contribution >= 0.6 is 0 Å². The maximum Gasteiger partial charge on any atom is 0.335 e. The molecule has 0 unspecified atom stereocenters. The van der Waals surface area contributed by atoms with Crippen molar-refractivity contribution in [1.82, 2.24) is 5.32 Å². The molecule has 0 bridgehead atoms. The molecule has 8 heteroatoms. The van der Waals surface area contributed by atoms with E-state index in [0.29, 0.717) is 34.9 Å². The van der Waals surface area contributed by atoms with Crippen LogP contribution in [0.3, 0.4) is 0 Å². The SMILES string of the molecule is CCOc1cc(/C=C2\C(=O)NC(=O)N(c3cc(C)cc(C)c3)C2=O)ccc1OCc1ccccc1F. The molecule has 4 rings (SSSR count). The highest BCUT2D eigenvalue weighted by Gasteiger charge is 2.37. The van der Waals surface area contributed by atoms with Gasteiger partial charge in [0.1, 0.15) is 18.0 Å². The van der Waals surface area contributed by atoms with Gasteiger partial charge in [-0.3, -0.25) is 14.9 Å². The first-order chi connectivity index (χ1) is 17.3. The number of nitrogens with zero attached hydrogens (tertiary/aromatic N) is 1. The fourth-order valence-corrected chi connectivity index (χ4v) is 3.91. The van der Waals surface area contributed by atoms with Crippen LogP contribution in [0.5, 0.6) is 11.5 Å². The molecule has 7 nitrogen and oxygen atoms in total. The molecule has 1 aliphatic rings. The molecule has 0 atom stereocenters. The van der Waals surface area contributed by atoms with E-state index in [9.17, 15) is 18.8 Å². The Balaban J connectivity index is 1.63. The van der Waals surface area contributed by atoms with Crippen LogP contribution in [0.1, 0.15) is 29.2 Å². The number of amides is 4. The van der Waals surface area contributed by atoms with Crippen LogP contribution in [0.2, 0.25) is 0 Å². The molecule has 1 fully saturated rings. The van der Waals surface area contributed by atoms with E-state index in [1.54, 1.807) is 55.5 Å². The van der Waals surface area contributed by atoms with Crippen LogP contribution < -0.4 is 19.7 Å². The van der Waals surface area contributed by atoms with Gasteiger partial charge in [-0.15, -0.1) is 0 Å². The topological polar surface area (TPSA) is 84.9 Å². The lowest BCUT2D eigenvalue weighted by Gasteiger charge is -2.27. The summed E-state index contributed by atoms with van der Waals surface area (Å²) >= 11 is 0. The van der Waals surface area contributed by atoms with Crippen LogP contribution in [-0.4, -0.2) is 24.5 Å². The molecule has 0 saturated carbocycles. The fraction of sp³-hybridized carbons (Fsp3) is 0.179. The van der Waals surface area contributed by atoms with Gasteiger partial charge in [-0.25, -0.2) is 14.1 Å². The molecule has 1 N–H and O–H groups in total. The molecule has 1 heterocycles. The summed E-state index contributed by atoms with van der Waals surface area (Å²) in [4.78, 5) is 39.2. The van der Waals surface area contributed by atoms with E-state index in [1.807, 2.05) is 19.9 Å². The Labute approximate surface area is 208 Å². The first-order valence-corrected chi connectivity index (χ1v) is 11.4. The van der Waals surface area contributed by atoms with E-state index < -0.39 is 17.8 Å². The van der Waals surface area contributed by atoms with Crippen molar-refractivity contribution in [2.45, 2.75) is 27.4 Å². The maximum atomic E-state index is 13.9. The zero-order valence-corrected chi connectivity index (χ0v) is 20.1. The second-order valence-electron chi connectivity index (χ2n) is 8.32. The van der Waals surface area contributed by atoms with Gasteiger partial charge in [-0.2, -0.15) is 0 Å². The number of barbiturate groups is 1. The highest BCUT2D eigenvalue weighted by Crippen LogP contribution is 2.31. The molecule has 36 heavy (non-hydrogen) atoms. The molecular weight excluding hydrogens is 463 g/mol. The molecule has 0 aromatic heterocycles. The highest BCUT2D eigenvalue weighted by molar-refractivity contribution is 6.39. The molecule has 1 saturated heterocycles. The lowest BCUT2D eigenvalue weighted by molar-refractivity contribution is -0.122. The number of aryl methyl sites for hydroxylation is 2. The van der Waals surface area contributed by atoms with Crippen molar-refractivity contribution in [3.8, 4) is 11.5 Å². The van der Waals surface area contributed by atoms with Gasteiger partial charge in [0.25, 0.3) is 11.8 Å². The largest absolute Gasteiger partial charge is 0.490 e. The Morgan fingerprint density at radius 3 is 2.33 bits per heavy atom. The van der Waals surface area contributed by atoms with E-state index in [4.69, 9.17) is 9.47 Å². The summed E-state index contributed by atoms with van der Waals surface area (Å²) in [7, 11) is 0. The van der Waals surface area contributed by atoms with Crippen molar-refractivity contribution in [3.05, 3.63) is 94.3 Å². The molecule has 0 aliphatic carbocycles. The fourth-order valence-electron chi connectivity index (χ4n) is 3.91. The van der Waals surface area contributed by atoms with E-state index in [2.05, 4.69) is 5.32 Å². The van der Waals surface area contributed by atoms with Gasteiger partial charge in [0.05, 0.1) is 12.3 Å². The Kier molecular flexibility index (Phi) is 7.15. The predicted molar refractivity (Wildman–Crippen MR) is 133 cm³/mol. The summed E-state index contributed by atoms with van der Waals surface area (Å²) in [6, 6.07) is 15.7. The number of benzene rings is 3. The molecule has 0 spiro atoms. The van der Waals surface area contributed by atoms with Gasteiger partial charge < -0.3 is 9.47 Å². The Morgan fingerprint density at radius 1 is 0.917 bits per heavy atom. The standard InChI is InChI=1S/C28H25FN2O5/c1-4-35-25-15-19(9-10-24(25)36-16-20-7-5-6-8-23(20)29)14-22-26(32)30-28(34)31(27(22)33)21-12-17(2)11-18(3)13-21/h5-15H,4,16H2,1-3H3,(H,30,32,34)/b22-14+. The van der Waals surface area contributed by atoms with Crippen LogP contribution in [0.15, 0.2) is 66.2 Å². The molecule has 1 aliphatic heterocycles. The van der Waals surface area contributed by atoms with E-state index in [-0.39, 0.29) is 18.0 Å². The van der Waals surface area contributed by atoms with Crippen LogP contribution in [0, 0.1) is 19.7 Å². The monoisotopic (exact) mass is 488 g/mol. The molecule has 3 aromatic carbocycles. The Morgan fingerprint density at radius 2 is 1.64 bits per heavy atom. The molecule has 184 valence electrons. The van der Waals surface area contributed by atoms with Crippen molar-refractivity contribution in [3.63, 3.8) is 0 Å². The lowest BCUT2D eigenvalue weighted by atomic mass is 10.0. The number of ether oxygens (including phenoxy) is 2. The summed E-state index contributed by atoms with van der Waals surface area (Å²) in [5.41, 5.74) is 2.81. The third-order valence-corrected chi connectivity index (χ3v) is 5.49. The lowest BCUT2D eigenvalue weighted by Crippen LogP contribution is -2.54.